The van der Waals surface area contributed by atoms with Gasteiger partial charge in [0.25, 0.3) is 0 Å². The Morgan fingerprint density at radius 1 is 1.50 bits per heavy atom. The van der Waals surface area contributed by atoms with Gasteiger partial charge in [-0.1, -0.05) is 13.3 Å². The monoisotopic (exact) mass is 221 g/mol. The van der Waals surface area contributed by atoms with Crippen LogP contribution in [0.3, 0.4) is 0 Å². The predicted molar refractivity (Wildman–Crippen MR) is 63.6 cm³/mol. The number of ether oxygens (including phenoxy) is 1. The molecule has 16 heavy (non-hydrogen) atoms. The summed E-state index contributed by atoms with van der Waals surface area (Å²) in [7, 11) is 0. The van der Waals surface area contributed by atoms with Crippen molar-refractivity contribution in [1.82, 2.24) is 9.97 Å². The molecule has 2 unspecified atom stereocenters. The van der Waals surface area contributed by atoms with Crippen LogP contribution in [-0.4, -0.2) is 22.6 Å². The molecule has 0 aromatic carbocycles. The van der Waals surface area contributed by atoms with Crippen LogP contribution in [0.2, 0.25) is 0 Å². The van der Waals surface area contributed by atoms with Crippen molar-refractivity contribution in [3.05, 3.63) is 12.3 Å². The first-order valence-electron chi connectivity index (χ1n) is 6.05. The Morgan fingerprint density at radius 2 is 2.38 bits per heavy atom. The van der Waals surface area contributed by atoms with Gasteiger partial charge in [-0.2, -0.15) is 4.98 Å². The van der Waals surface area contributed by atoms with E-state index in [4.69, 9.17) is 4.74 Å². The van der Waals surface area contributed by atoms with Gasteiger partial charge in [0.1, 0.15) is 0 Å². The molecule has 1 heterocycles. The average Bonchev–Trinajstić information content (AvgIpc) is 2.98. The van der Waals surface area contributed by atoms with Crippen molar-refractivity contribution in [2.45, 2.75) is 39.2 Å². The van der Waals surface area contributed by atoms with E-state index in [1.807, 2.05) is 6.92 Å². The molecule has 88 valence electrons. The summed E-state index contributed by atoms with van der Waals surface area (Å²) in [4.78, 5) is 8.49. The number of nitrogens with zero attached hydrogens (tertiary/aromatic N) is 2. The van der Waals surface area contributed by atoms with E-state index in [9.17, 15) is 0 Å². The van der Waals surface area contributed by atoms with Crippen LogP contribution in [0.15, 0.2) is 12.3 Å². The summed E-state index contributed by atoms with van der Waals surface area (Å²) in [5.74, 6) is 2.14. The highest BCUT2D eigenvalue weighted by Gasteiger charge is 2.36. The van der Waals surface area contributed by atoms with Crippen molar-refractivity contribution < 1.29 is 4.74 Å². The molecule has 0 bridgehead atoms. The van der Waals surface area contributed by atoms with Gasteiger partial charge in [-0.3, -0.25) is 0 Å². The third kappa shape index (κ3) is 2.84. The van der Waals surface area contributed by atoms with Gasteiger partial charge in [-0.25, -0.2) is 4.98 Å². The fourth-order valence-electron chi connectivity index (χ4n) is 1.92. The second kappa shape index (κ2) is 5.14. The first kappa shape index (κ1) is 11.2. The average molecular weight is 221 g/mol. The summed E-state index contributed by atoms with van der Waals surface area (Å²) in [6.45, 7) is 4.81. The Morgan fingerprint density at radius 3 is 3.12 bits per heavy atom. The van der Waals surface area contributed by atoms with Gasteiger partial charge >= 0.3 is 0 Å². The Balaban J connectivity index is 1.87. The Bertz CT molecular complexity index is 343. The minimum absolute atomic E-state index is 0.567. The van der Waals surface area contributed by atoms with Crippen molar-refractivity contribution >= 4 is 5.95 Å². The standard InChI is InChI=1S/C12H19N3O/c1-3-5-9-8-10(9)14-12-13-7-6-11(15-12)16-4-2/h6-7,9-10H,3-5,8H2,1-2H3,(H,13,14,15). The molecular formula is C12H19N3O. The number of rotatable bonds is 6. The van der Waals surface area contributed by atoms with Crippen LogP contribution >= 0.6 is 0 Å². The second-order valence-corrected chi connectivity index (χ2v) is 4.19. The van der Waals surface area contributed by atoms with Gasteiger partial charge in [0.2, 0.25) is 11.8 Å². The molecule has 1 aromatic heterocycles. The third-order valence-electron chi connectivity index (χ3n) is 2.82. The lowest BCUT2D eigenvalue weighted by Gasteiger charge is -2.06. The smallest absolute Gasteiger partial charge is 0.226 e. The van der Waals surface area contributed by atoms with Gasteiger partial charge in [-0.15, -0.1) is 0 Å². The lowest BCUT2D eigenvalue weighted by molar-refractivity contribution is 0.326. The molecule has 0 saturated heterocycles. The van der Waals surface area contributed by atoms with Crippen molar-refractivity contribution in [2.24, 2.45) is 5.92 Å². The highest BCUT2D eigenvalue weighted by atomic mass is 16.5. The lowest BCUT2D eigenvalue weighted by atomic mass is 10.2. The van der Waals surface area contributed by atoms with E-state index >= 15 is 0 Å². The van der Waals surface area contributed by atoms with Crippen molar-refractivity contribution in [3.8, 4) is 5.88 Å². The van der Waals surface area contributed by atoms with Crippen LogP contribution in [0.4, 0.5) is 5.95 Å². The molecule has 1 aliphatic carbocycles. The summed E-state index contributed by atoms with van der Waals surface area (Å²) in [6.07, 6.45) is 5.53. The summed E-state index contributed by atoms with van der Waals surface area (Å²) < 4.78 is 5.33. The van der Waals surface area contributed by atoms with E-state index in [0.717, 1.165) is 5.92 Å². The zero-order valence-electron chi connectivity index (χ0n) is 9.94. The van der Waals surface area contributed by atoms with Crippen molar-refractivity contribution in [3.63, 3.8) is 0 Å². The molecule has 0 radical (unpaired) electrons. The Kier molecular flexibility index (Phi) is 3.59. The Labute approximate surface area is 96.4 Å². The molecule has 1 saturated carbocycles. The number of aromatic nitrogens is 2. The van der Waals surface area contributed by atoms with E-state index < -0.39 is 0 Å². The SMILES string of the molecule is CCCC1CC1Nc1nccc(OCC)n1. The normalized spacial score (nSPS) is 22.9. The van der Waals surface area contributed by atoms with Gasteiger partial charge < -0.3 is 10.1 Å². The summed E-state index contributed by atoms with van der Waals surface area (Å²) >= 11 is 0. The van der Waals surface area contributed by atoms with Crippen LogP contribution in [0.25, 0.3) is 0 Å². The van der Waals surface area contributed by atoms with Crippen molar-refractivity contribution in [1.29, 1.82) is 0 Å². The van der Waals surface area contributed by atoms with Gasteiger partial charge in [0.05, 0.1) is 6.61 Å². The summed E-state index contributed by atoms with van der Waals surface area (Å²) in [5, 5.41) is 3.35. The van der Waals surface area contributed by atoms with Gasteiger partial charge in [0.15, 0.2) is 0 Å². The maximum absolute atomic E-state index is 5.33. The number of anilines is 1. The van der Waals surface area contributed by atoms with E-state index in [0.29, 0.717) is 24.5 Å². The molecule has 2 rings (SSSR count). The van der Waals surface area contributed by atoms with E-state index in [1.165, 1.54) is 19.3 Å². The van der Waals surface area contributed by atoms with Gasteiger partial charge in [-0.05, 0) is 25.7 Å². The quantitative estimate of drug-likeness (QED) is 0.801. The van der Waals surface area contributed by atoms with E-state index in [-0.39, 0.29) is 0 Å². The van der Waals surface area contributed by atoms with Crippen LogP contribution in [0.1, 0.15) is 33.1 Å². The molecular weight excluding hydrogens is 202 g/mol. The largest absolute Gasteiger partial charge is 0.478 e. The zero-order valence-corrected chi connectivity index (χ0v) is 9.94. The molecule has 1 fully saturated rings. The van der Waals surface area contributed by atoms with E-state index in [2.05, 4.69) is 22.2 Å². The molecule has 1 aromatic rings. The van der Waals surface area contributed by atoms with Crippen LogP contribution < -0.4 is 10.1 Å². The molecule has 0 spiro atoms. The minimum atomic E-state index is 0.567. The Hall–Kier alpha value is -1.32. The molecule has 1 aliphatic rings. The molecule has 0 aliphatic heterocycles. The fourth-order valence-corrected chi connectivity index (χ4v) is 1.92. The summed E-state index contributed by atoms with van der Waals surface area (Å²) in [5.41, 5.74) is 0. The molecule has 2 atom stereocenters. The van der Waals surface area contributed by atoms with Crippen LogP contribution in [0, 0.1) is 5.92 Å². The summed E-state index contributed by atoms with van der Waals surface area (Å²) in [6, 6.07) is 2.35. The molecule has 4 heteroatoms. The minimum Gasteiger partial charge on any atom is -0.478 e. The first-order valence-corrected chi connectivity index (χ1v) is 6.05. The highest BCUT2D eigenvalue weighted by Crippen LogP contribution is 2.36. The molecule has 4 nitrogen and oxygen atoms in total. The number of hydrogen-bond donors (Lipinski definition) is 1. The second-order valence-electron chi connectivity index (χ2n) is 4.19. The maximum atomic E-state index is 5.33. The van der Waals surface area contributed by atoms with E-state index in [1.54, 1.807) is 12.3 Å². The maximum Gasteiger partial charge on any atom is 0.226 e. The number of nitrogens with one attached hydrogen (secondary N) is 1. The zero-order chi connectivity index (χ0) is 11.4. The van der Waals surface area contributed by atoms with Crippen LogP contribution in [0.5, 0.6) is 5.88 Å². The third-order valence-corrected chi connectivity index (χ3v) is 2.82. The highest BCUT2D eigenvalue weighted by molar-refractivity contribution is 5.31. The predicted octanol–water partition coefficient (Wildman–Crippen LogP) is 2.48. The lowest BCUT2D eigenvalue weighted by Crippen LogP contribution is -2.08. The van der Waals surface area contributed by atoms with Crippen molar-refractivity contribution in [2.75, 3.05) is 11.9 Å². The molecule has 0 amide bonds. The number of hydrogen-bond acceptors (Lipinski definition) is 4. The fraction of sp³-hybridized carbons (Fsp3) is 0.667. The molecule has 1 N–H and O–H groups in total. The first-order chi connectivity index (χ1) is 7.83. The van der Waals surface area contributed by atoms with Crippen LogP contribution in [-0.2, 0) is 0 Å². The topological polar surface area (TPSA) is 47.0 Å². The van der Waals surface area contributed by atoms with Gasteiger partial charge in [0, 0.05) is 18.3 Å².